The van der Waals surface area contributed by atoms with Crippen molar-refractivity contribution < 1.29 is 0 Å². The first-order valence-electron chi connectivity index (χ1n) is 6.30. The van der Waals surface area contributed by atoms with E-state index < -0.39 is 0 Å². The van der Waals surface area contributed by atoms with Crippen LogP contribution in [0.25, 0.3) is 0 Å². The predicted octanol–water partition coefficient (Wildman–Crippen LogP) is 4.92. The molecule has 0 aliphatic heterocycles. The van der Waals surface area contributed by atoms with E-state index in [4.69, 9.17) is 0 Å². The van der Waals surface area contributed by atoms with Gasteiger partial charge in [0.25, 0.3) is 0 Å². The van der Waals surface area contributed by atoms with Crippen LogP contribution in [0.2, 0.25) is 0 Å². The third-order valence-electron chi connectivity index (χ3n) is 3.92. The minimum Gasteiger partial charge on any atom is -0.0922 e. The average Bonchev–Trinajstić information content (AvgIpc) is 2.24. The van der Waals surface area contributed by atoms with Crippen LogP contribution in [0.4, 0.5) is 0 Å². The first-order valence-corrected chi connectivity index (χ1v) is 7.42. The maximum Gasteiger partial charge on any atom is 0.00911 e. The summed E-state index contributed by atoms with van der Waals surface area (Å²) in [5.41, 5.74) is 3.52. The summed E-state index contributed by atoms with van der Waals surface area (Å²) >= 11 is 3.68. The summed E-state index contributed by atoms with van der Waals surface area (Å²) in [4.78, 5) is 0. The molecule has 0 heterocycles. The molecule has 0 radical (unpaired) electrons. The van der Waals surface area contributed by atoms with Crippen LogP contribution in [0.3, 0.4) is 0 Å². The summed E-state index contributed by atoms with van der Waals surface area (Å²) in [6.07, 6.45) is 5.45. The summed E-state index contributed by atoms with van der Waals surface area (Å²) < 4.78 is 0. The van der Waals surface area contributed by atoms with Gasteiger partial charge >= 0.3 is 0 Å². The zero-order valence-corrected chi connectivity index (χ0v) is 11.9. The molecule has 1 saturated carbocycles. The van der Waals surface area contributed by atoms with Crippen molar-refractivity contribution >= 4 is 15.9 Å². The molecule has 1 heteroatoms. The van der Waals surface area contributed by atoms with E-state index in [2.05, 4.69) is 54.0 Å². The highest BCUT2D eigenvalue weighted by Crippen LogP contribution is 2.45. The van der Waals surface area contributed by atoms with Crippen LogP contribution >= 0.6 is 15.9 Å². The van der Waals surface area contributed by atoms with Gasteiger partial charge in [0.1, 0.15) is 0 Å². The molecule has 0 aromatic heterocycles. The molecule has 0 N–H and O–H groups in total. The lowest BCUT2D eigenvalue weighted by Crippen LogP contribution is -2.33. The molecule has 0 spiro atoms. The second kappa shape index (κ2) is 4.91. The molecule has 0 unspecified atom stereocenters. The van der Waals surface area contributed by atoms with Gasteiger partial charge in [-0.2, -0.15) is 0 Å². The molecule has 1 fully saturated rings. The molecule has 0 bridgehead atoms. The van der Waals surface area contributed by atoms with Crippen molar-refractivity contribution in [2.75, 3.05) is 5.33 Å². The standard InChI is InChI=1S/C15H21Br/c1-12(2)14-6-4-13(5-7-14)10-15(11-16)8-3-9-15/h4-7,12H,3,8-11H2,1-2H3. The molecular formula is C15H21Br. The first kappa shape index (κ1) is 12.2. The number of halogens is 1. The van der Waals surface area contributed by atoms with Crippen molar-refractivity contribution in [3.8, 4) is 0 Å². The Morgan fingerprint density at radius 2 is 1.81 bits per heavy atom. The summed E-state index contributed by atoms with van der Waals surface area (Å²) in [6, 6.07) is 9.22. The Bertz CT molecular complexity index is 327. The van der Waals surface area contributed by atoms with Crippen LogP contribution in [0.1, 0.15) is 50.2 Å². The largest absolute Gasteiger partial charge is 0.0922 e. The van der Waals surface area contributed by atoms with Gasteiger partial charge in [-0.3, -0.25) is 0 Å². The molecule has 16 heavy (non-hydrogen) atoms. The fourth-order valence-electron chi connectivity index (χ4n) is 2.49. The van der Waals surface area contributed by atoms with Gasteiger partial charge in [0.05, 0.1) is 0 Å². The third-order valence-corrected chi connectivity index (χ3v) is 5.11. The van der Waals surface area contributed by atoms with Crippen molar-refractivity contribution in [3.63, 3.8) is 0 Å². The molecule has 1 aliphatic rings. The second-order valence-electron chi connectivity index (χ2n) is 5.56. The van der Waals surface area contributed by atoms with E-state index in [-0.39, 0.29) is 0 Å². The lowest BCUT2D eigenvalue weighted by Gasteiger charge is -2.40. The van der Waals surface area contributed by atoms with Gasteiger partial charge in [-0.15, -0.1) is 0 Å². The number of hydrogen-bond donors (Lipinski definition) is 0. The van der Waals surface area contributed by atoms with E-state index in [9.17, 15) is 0 Å². The highest BCUT2D eigenvalue weighted by molar-refractivity contribution is 9.09. The topological polar surface area (TPSA) is 0 Å². The summed E-state index contributed by atoms with van der Waals surface area (Å²) in [6.45, 7) is 4.50. The average molecular weight is 281 g/mol. The van der Waals surface area contributed by atoms with E-state index in [1.165, 1.54) is 36.8 Å². The fourth-order valence-corrected chi connectivity index (χ4v) is 3.25. The summed E-state index contributed by atoms with van der Waals surface area (Å²) in [5.74, 6) is 0.642. The van der Waals surface area contributed by atoms with Crippen molar-refractivity contribution in [2.24, 2.45) is 5.41 Å². The molecule has 1 aromatic carbocycles. The quantitative estimate of drug-likeness (QED) is 0.687. The highest BCUT2D eigenvalue weighted by Gasteiger charge is 2.35. The predicted molar refractivity (Wildman–Crippen MR) is 74.3 cm³/mol. The van der Waals surface area contributed by atoms with E-state index in [1.807, 2.05) is 0 Å². The van der Waals surface area contributed by atoms with Gasteiger partial charge in [-0.05, 0) is 41.7 Å². The number of alkyl halides is 1. The van der Waals surface area contributed by atoms with E-state index in [0.29, 0.717) is 11.3 Å². The Morgan fingerprint density at radius 1 is 1.19 bits per heavy atom. The minimum absolute atomic E-state index is 0.569. The van der Waals surface area contributed by atoms with Crippen LogP contribution in [-0.2, 0) is 6.42 Å². The van der Waals surface area contributed by atoms with Gasteiger partial charge in [-0.1, -0.05) is 60.5 Å². The van der Waals surface area contributed by atoms with E-state index in [0.717, 1.165) is 5.33 Å². The Kier molecular flexibility index (Phi) is 3.73. The van der Waals surface area contributed by atoms with Crippen LogP contribution in [-0.4, -0.2) is 5.33 Å². The Hall–Kier alpha value is -0.300. The van der Waals surface area contributed by atoms with Crippen LogP contribution in [0.15, 0.2) is 24.3 Å². The molecule has 2 rings (SSSR count). The molecule has 0 nitrogen and oxygen atoms in total. The molecule has 1 aromatic rings. The van der Waals surface area contributed by atoms with Crippen LogP contribution < -0.4 is 0 Å². The molecule has 1 aliphatic carbocycles. The molecule has 0 atom stereocenters. The molecule has 88 valence electrons. The van der Waals surface area contributed by atoms with Crippen molar-refractivity contribution in [3.05, 3.63) is 35.4 Å². The normalized spacial score (nSPS) is 18.5. The third kappa shape index (κ3) is 2.51. The SMILES string of the molecule is CC(C)c1ccc(CC2(CBr)CCC2)cc1. The van der Waals surface area contributed by atoms with E-state index in [1.54, 1.807) is 0 Å². The van der Waals surface area contributed by atoms with Crippen molar-refractivity contribution in [1.29, 1.82) is 0 Å². The van der Waals surface area contributed by atoms with Gasteiger partial charge in [0, 0.05) is 5.33 Å². The lowest BCUT2D eigenvalue weighted by atomic mass is 9.67. The zero-order chi connectivity index (χ0) is 11.6. The molecule has 0 saturated heterocycles. The number of rotatable bonds is 4. The monoisotopic (exact) mass is 280 g/mol. The Morgan fingerprint density at radius 3 is 2.19 bits per heavy atom. The summed E-state index contributed by atoms with van der Waals surface area (Å²) in [5, 5.41) is 1.16. The van der Waals surface area contributed by atoms with Crippen molar-refractivity contribution in [2.45, 2.75) is 45.4 Å². The van der Waals surface area contributed by atoms with Crippen molar-refractivity contribution in [1.82, 2.24) is 0 Å². The van der Waals surface area contributed by atoms with Crippen LogP contribution in [0.5, 0.6) is 0 Å². The molecular weight excluding hydrogens is 260 g/mol. The van der Waals surface area contributed by atoms with Crippen LogP contribution in [0, 0.1) is 5.41 Å². The summed E-state index contributed by atoms with van der Waals surface area (Å²) in [7, 11) is 0. The van der Waals surface area contributed by atoms with Gasteiger partial charge in [0.15, 0.2) is 0 Å². The van der Waals surface area contributed by atoms with Gasteiger partial charge in [-0.25, -0.2) is 0 Å². The lowest BCUT2D eigenvalue weighted by molar-refractivity contribution is 0.170. The maximum absolute atomic E-state index is 3.68. The number of hydrogen-bond acceptors (Lipinski definition) is 0. The van der Waals surface area contributed by atoms with Gasteiger partial charge < -0.3 is 0 Å². The molecule has 0 amide bonds. The highest BCUT2D eigenvalue weighted by atomic mass is 79.9. The Balaban J connectivity index is 2.05. The maximum atomic E-state index is 3.68. The zero-order valence-electron chi connectivity index (χ0n) is 10.3. The van der Waals surface area contributed by atoms with E-state index >= 15 is 0 Å². The smallest absolute Gasteiger partial charge is 0.00911 e. The number of benzene rings is 1. The minimum atomic E-state index is 0.569. The Labute approximate surface area is 108 Å². The van der Waals surface area contributed by atoms with Gasteiger partial charge in [0.2, 0.25) is 0 Å². The second-order valence-corrected chi connectivity index (χ2v) is 6.12. The fraction of sp³-hybridized carbons (Fsp3) is 0.600. The first-order chi connectivity index (χ1) is 7.65.